The topological polar surface area (TPSA) is 35.5 Å². The average Bonchev–Trinajstić information content (AvgIpc) is 2.29. The van der Waals surface area contributed by atoms with E-state index in [9.17, 15) is 4.79 Å². The fourth-order valence-electron chi connectivity index (χ4n) is 1.59. The second-order valence-electron chi connectivity index (χ2n) is 3.86. The summed E-state index contributed by atoms with van der Waals surface area (Å²) in [4.78, 5) is 10.8. The zero-order valence-electron chi connectivity index (χ0n) is 10.3. The second kappa shape index (κ2) is 8.86. The van der Waals surface area contributed by atoms with Crippen LogP contribution in [-0.2, 0) is 14.3 Å². The van der Waals surface area contributed by atoms with Crippen LogP contribution in [0.5, 0.6) is 0 Å². The van der Waals surface area contributed by atoms with Crippen LogP contribution in [0.3, 0.4) is 0 Å². The number of methoxy groups -OCH3 is 2. The molecule has 0 saturated heterocycles. The predicted molar refractivity (Wildman–Crippen MR) is 60.8 cm³/mol. The monoisotopic (exact) mass is 216 g/mol. The summed E-state index contributed by atoms with van der Waals surface area (Å²) in [5.41, 5.74) is 0. The first-order chi connectivity index (χ1) is 7.24. The van der Waals surface area contributed by atoms with E-state index >= 15 is 0 Å². The third-order valence-corrected chi connectivity index (χ3v) is 2.75. The lowest BCUT2D eigenvalue weighted by atomic mass is 10.1. The van der Waals surface area contributed by atoms with E-state index in [-0.39, 0.29) is 0 Å². The van der Waals surface area contributed by atoms with Crippen molar-refractivity contribution in [2.24, 2.45) is 0 Å². The lowest BCUT2D eigenvalue weighted by Crippen LogP contribution is -2.35. The smallest absolute Gasteiger partial charge is 0.225 e. The summed E-state index contributed by atoms with van der Waals surface area (Å²) in [5.74, 6) is -1.01. The van der Waals surface area contributed by atoms with E-state index < -0.39 is 5.79 Å². The number of ether oxygens (including phenoxy) is 2. The molecule has 0 atom stereocenters. The van der Waals surface area contributed by atoms with Gasteiger partial charge in [-0.25, -0.2) is 0 Å². The van der Waals surface area contributed by atoms with Crippen LogP contribution >= 0.6 is 0 Å². The maximum atomic E-state index is 10.8. The van der Waals surface area contributed by atoms with Gasteiger partial charge >= 0.3 is 0 Å². The minimum atomic E-state index is -1.01. The van der Waals surface area contributed by atoms with Gasteiger partial charge in [0.25, 0.3) is 0 Å². The highest BCUT2D eigenvalue weighted by atomic mass is 16.7. The molecular formula is C12H24O3. The van der Waals surface area contributed by atoms with Crippen LogP contribution in [0.1, 0.15) is 51.9 Å². The summed E-state index contributed by atoms with van der Waals surface area (Å²) in [7, 11) is 3.02. The van der Waals surface area contributed by atoms with Gasteiger partial charge < -0.3 is 9.47 Å². The number of unbranched alkanes of at least 4 members (excludes halogenated alkanes) is 5. The minimum Gasteiger partial charge on any atom is -0.347 e. The van der Waals surface area contributed by atoms with E-state index in [1.807, 2.05) is 0 Å². The molecule has 0 aromatic heterocycles. The van der Waals surface area contributed by atoms with E-state index in [2.05, 4.69) is 6.92 Å². The fourth-order valence-corrected chi connectivity index (χ4v) is 1.59. The number of hydrogen-bond donors (Lipinski definition) is 0. The first-order valence-corrected chi connectivity index (χ1v) is 5.81. The van der Waals surface area contributed by atoms with E-state index in [1.54, 1.807) is 0 Å². The molecule has 0 bridgehead atoms. The number of rotatable bonds is 10. The zero-order valence-corrected chi connectivity index (χ0v) is 10.3. The van der Waals surface area contributed by atoms with Crippen LogP contribution in [0.25, 0.3) is 0 Å². The molecule has 90 valence electrons. The molecule has 0 aromatic carbocycles. The largest absolute Gasteiger partial charge is 0.347 e. The Morgan fingerprint density at radius 3 is 2.00 bits per heavy atom. The first-order valence-electron chi connectivity index (χ1n) is 5.81. The van der Waals surface area contributed by atoms with Crippen LogP contribution in [0.4, 0.5) is 0 Å². The normalized spacial score (nSPS) is 11.7. The summed E-state index contributed by atoms with van der Waals surface area (Å²) in [6.45, 7) is 2.20. The lowest BCUT2D eigenvalue weighted by Gasteiger charge is -2.24. The highest BCUT2D eigenvalue weighted by Gasteiger charge is 2.27. The molecule has 3 heteroatoms. The summed E-state index contributed by atoms with van der Waals surface area (Å²) in [5, 5.41) is 0. The van der Waals surface area contributed by atoms with Gasteiger partial charge in [0, 0.05) is 20.6 Å². The third kappa shape index (κ3) is 5.90. The van der Waals surface area contributed by atoms with Gasteiger partial charge in [-0.05, 0) is 6.42 Å². The van der Waals surface area contributed by atoms with Crippen LogP contribution in [0, 0.1) is 0 Å². The molecule has 0 heterocycles. The Hall–Kier alpha value is -0.410. The molecule has 0 spiro atoms. The Labute approximate surface area is 93.1 Å². The van der Waals surface area contributed by atoms with E-state index in [4.69, 9.17) is 9.47 Å². The van der Waals surface area contributed by atoms with Crippen molar-refractivity contribution in [3.8, 4) is 0 Å². The summed E-state index contributed by atoms with van der Waals surface area (Å²) >= 11 is 0. The summed E-state index contributed by atoms with van der Waals surface area (Å²) < 4.78 is 10.1. The number of carbonyl (C=O) groups excluding carboxylic acids is 1. The predicted octanol–water partition coefficient (Wildman–Crippen LogP) is 2.93. The molecule has 0 aromatic rings. The molecule has 0 fully saturated rings. The molecule has 0 unspecified atom stereocenters. The summed E-state index contributed by atoms with van der Waals surface area (Å²) in [6, 6.07) is 0. The van der Waals surface area contributed by atoms with Crippen molar-refractivity contribution >= 4 is 6.29 Å². The Morgan fingerprint density at radius 1 is 1.00 bits per heavy atom. The molecular weight excluding hydrogens is 192 g/mol. The standard InChI is InChI=1S/C12H24O3/c1-4-5-6-7-8-9-10-12(11-13,14-2)15-3/h11H,4-10H2,1-3H3. The molecule has 0 N–H and O–H groups in total. The quantitative estimate of drug-likeness (QED) is 0.320. The summed E-state index contributed by atoms with van der Waals surface area (Å²) in [6.07, 6.45) is 8.59. The Bertz CT molecular complexity index is 153. The van der Waals surface area contributed by atoms with Crippen molar-refractivity contribution in [2.75, 3.05) is 14.2 Å². The van der Waals surface area contributed by atoms with Crippen molar-refractivity contribution in [3.05, 3.63) is 0 Å². The molecule has 0 rings (SSSR count). The number of aldehydes is 1. The van der Waals surface area contributed by atoms with Gasteiger partial charge in [-0.3, -0.25) is 4.79 Å². The molecule has 0 amide bonds. The fraction of sp³-hybridized carbons (Fsp3) is 0.917. The molecule has 0 radical (unpaired) electrons. The second-order valence-corrected chi connectivity index (χ2v) is 3.86. The molecule has 0 aliphatic rings. The molecule has 0 aliphatic carbocycles. The van der Waals surface area contributed by atoms with Crippen LogP contribution in [0.15, 0.2) is 0 Å². The van der Waals surface area contributed by atoms with E-state index in [0.29, 0.717) is 6.42 Å². The Morgan fingerprint density at radius 2 is 1.53 bits per heavy atom. The first kappa shape index (κ1) is 14.6. The molecule has 0 saturated carbocycles. The van der Waals surface area contributed by atoms with Crippen molar-refractivity contribution < 1.29 is 14.3 Å². The molecule has 15 heavy (non-hydrogen) atoms. The van der Waals surface area contributed by atoms with E-state index in [1.165, 1.54) is 39.9 Å². The van der Waals surface area contributed by atoms with E-state index in [0.717, 1.165) is 19.1 Å². The molecule has 0 aliphatic heterocycles. The minimum absolute atomic E-state index is 0.648. The SMILES string of the molecule is CCCCCCCCC(C=O)(OC)OC. The Balaban J connectivity index is 3.58. The Kier molecular flexibility index (Phi) is 8.62. The number of carbonyl (C=O) groups is 1. The van der Waals surface area contributed by atoms with Crippen LogP contribution < -0.4 is 0 Å². The van der Waals surface area contributed by atoms with Crippen LogP contribution in [0.2, 0.25) is 0 Å². The lowest BCUT2D eigenvalue weighted by molar-refractivity contribution is -0.198. The van der Waals surface area contributed by atoms with Gasteiger partial charge in [0.2, 0.25) is 5.79 Å². The van der Waals surface area contributed by atoms with Crippen molar-refractivity contribution in [1.29, 1.82) is 0 Å². The molecule has 3 nitrogen and oxygen atoms in total. The maximum Gasteiger partial charge on any atom is 0.225 e. The van der Waals surface area contributed by atoms with Crippen molar-refractivity contribution in [3.63, 3.8) is 0 Å². The highest BCUT2D eigenvalue weighted by Crippen LogP contribution is 2.18. The van der Waals surface area contributed by atoms with Crippen molar-refractivity contribution in [2.45, 2.75) is 57.7 Å². The maximum absolute atomic E-state index is 10.8. The van der Waals surface area contributed by atoms with Gasteiger partial charge in [0.05, 0.1) is 0 Å². The third-order valence-electron chi connectivity index (χ3n) is 2.75. The van der Waals surface area contributed by atoms with Crippen molar-refractivity contribution in [1.82, 2.24) is 0 Å². The van der Waals surface area contributed by atoms with Gasteiger partial charge in [-0.2, -0.15) is 0 Å². The average molecular weight is 216 g/mol. The highest BCUT2D eigenvalue weighted by molar-refractivity contribution is 5.59. The zero-order chi connectivity index (χ0) is 11.6. The van der Waals surface area contributed by atoms with Gasteiger partial charge in [0.1, 0.15) is 0 Å². The van der Waals surface area contributed by atoms with Gasteiger partial charge in [-0.1, -0.05) is 39.0 Å². The van der Waals surface area contributed by atoms with Crippen LogP contribution in [-0.4, -0.2) is 26.3 Å². The van der Waals surface area contributed by atoms with Gasteiger partial charge in [0.15, 0.2) is 6.29 Å². The number of hydrogen-bond acceptors (Lipinski definition) is 3. The van der Waals surface area contributed by atoms with Gasteiger partial charge in [-0.15, -0.1) is 0 Å².